The highest BCUT2D eigenvalue weighted by Gasteiger charge is 2.18. The van der Waals surface area contributed by atoms with Crippen molar-refractivity contribution in [1.82, 2.24) is 19.9 Å². The summed E-state index contributed by atoms with van der Waals surface area (Å²) in [7, 11) is 0. The highest BCUT2D eigenvalue weighted by molar-refractivity contribution is 6.01. The van der Waals surface area contributed by atoms with E-state index in [9.17, 15) is 0 Å². The number of nitrogens with zero attached hydrogens (tertiary/aromatic N) is 4. The molecular weight excluding hydrogens is 400 g/mol. The van der Waals surface area contributed by atoms with Crippen LogP contribution >= 0.6 is 0 Å². The second-order valence-corrected chi connectivity index (χ2v) is 8.65. The third-order valence-corrected chi connectivity index (χ3v) is 5.21. The Morgan fingerprint density at radius 3 is 1.50 bits per heavy atom. The summed E-state index contributed by atoms with van der Waals surface area (Å²) >= 11 is 0. The van der Waals surface area contributed by atoms with Gasteiger partial charge in [0.05, 0.1) is 28.0 Å². The predicted octanol–water partition coefficient (Wildman–Crippen LogP) is 3.82. The molecule has 0 saturated carbocycles. The molecule has 0 radical (unpaired) electrons. The zero-order chi connectivity index (χ0) is 23.0. The third kappa shape index (κ3) is 4.34. The minimum absolute atomic E-state index is 0.0509. The normalized spacial score (nSPS) is 14.2. The molecule has 0 aliphatic carbocycles. The lowest BCUT2D eigenvalue weighted by atomic mass is 10.1. The van der Waals surface area contributed by atoms with Crippen molar-refractivity contribution in [3.05, 3.63) is 59.2 Å². The van der Waals surface area contributed by atoms with E-state index in [0.29, 0.717) is 11.7 Å². The molecule has 8 nitrogen and oxygen atoms in total. The number of aromatic amines is 2. The van der Waals surface area contributed by atoms with Crippen LogP contribution in [0.2, 0.25) is 0 Å². The maximum atomic E-state index is 6.13. The molecule has 2 aromatic heterocycles. The number of rotatable bonds is 6. The van der Waals surface area contributed by atoms with E-state index in [1.165, 1.54) is 0 Å². The van der Waals surface area contributed by atoms with Crippen LogP contribution in [0.5, 0.6) is 0 Å². The number of fused-ring (bicyclic) bond motifs is 2. The first-order valence-electron chi connectivity index (χ1n) is 10.9. The fourth-order valence-corrected chi connectivity index (χ4v) is 3.62. The van der Waals surface area contributed by atoms with Crippen molar-refractivity contribution in [3.63, 3.8) is 0 Å². The summed E-state index contributed by atoms with van der Waals surface area (Å²) in [6.07, 6.45) is 0. The van der Waals surface area contributed by atoms with Crippen LogP contribution < -0.4 is 11.5 Å². The van der Waals surface area contributed by atoms with Crippen LogP contribution in [0.4, 0.5) is 0 Å². The Kier molecular flexibility index (Phi) is 5.69. The summed E-state index contributed by atoms with van der Waals surface area (Å²) in [5, 5.41) is 0. The minimum atomic E-state index is -0.0509. The Morgan fingerprint density at radius 1 is 0.719 bits per heavy atom. The van der Waals surface area contributed by atoms with Gasteiger partial charge in [-0.15, -0.1) is 0 Å². The van der Waals surface area contributed by atoms with Crippen molar-refractivity contribution in [3.8, 4) is 0 Å². The Hall–Kier alpha value is -3.68. The van der Waals surface area contributed by atoms with Crippen LogP contribution in [-0.2, 0) is 0 Å². The molecule has 0 fully saturated rings. The molecule has 0 atom stereocenters. The molecule has 4 rings (SSSR count). The van der Waals surface area contributed by atoms with E-state index < -0.39 is 0 Å². The Morgan fingerprint density at radius 2 is 1.12 bits per heavy atom. The number of aliphatic imine (C=N–C) groups is 2. The average Bonchev–Trinajstić information content (AvgIpc) is 3.35. The quantitative estimate of drug-likeness (QED) is 0.273. The Bertz CT molecular complexity index is 1220. The van der Waals surface area contributed by atoms with Crippen LogP contribution in [0.15, 0.2) is 46.4 Å². The molecule has 6 N–H and O–H groups in total. The summed E-state index contributed by atoms with van der Waals surface area (Å²) in [6, 6.07) is 12.1. The molecule has 2 heterocycles. The van der Waals surface area contributed by atoms with Gasteiger partial charge in [-0.2, -0.15) is 0 Å². The topological polar surface area (TPSA) is 134 Å². The van der Waals surface area contributed by atoms with Crippen LogP contribution in [0.25, 0.3) is 22.1 Å². The number of nitrogens with one attached hydrogen (secondary N) is 2. The first-order valence-corrected chi connectivity index (χ1v) is 10.9. The van der Waals surface area contributed by atoms with Gasteiger partial charge in [0.25, 0.3) is 0 Å². The molecule has 0 bridgehead atoms. The predicted molar refractivity (Wildman–Crippen MR) is 131 cm³/mol. The molecule has 2 aromatic carbocycles. The van der Waals surface area contributed by atoms with E-state index >= 15 is 0 Å². The van der Waals surface area contributed by atoms with E-state index in [4.69, 9.17) is 21.4 Å². The molecule has 0 saturated heterocycles. The van der Waals surface area contributed by atoms with E-state index in [1.807, 2.05) is 64.1 Å². The number of hydrogen-bond donors (Lipinski definition) is 4. The summed E-state index contributed by atoms with van der Waals surface area (Å²) in [6.45, 7) is 10.1. The van der Waals surface area contributed by atoms with Gasteiger partial charge in [0, 0.05) is 23.2 Å². The first kappa shape index (κ1) is 21.5. The fraction of sp³-hybridized carbons (Fsp3) is 0.333. The van der Waals surface area contributed by atoms with Gasteiger partial charge in [-0.05, 0) is 71.0 Å². The van der Waals surface area contributed by atoms with Crippen LogP contribution in [0.3, 0.4) is 0 Å². The SMILES string of the molecule is CC(C)N=C(N)c1ccc2nc(C(C)c3nc4ccc(C(N)=NC(C)C)cc4[nH]3)[nH]c2c1. The molecule has 166 valence electrons. The van der Waals surface area contributed by atoms with Gasteiger partial charge in [-0.25, -0.2) is 9.97 Å². The maximum absolute atomic E-state index is 6.13. The smallest absolute Gasteiger partial charge is 0.125 e. The minimum Gasteiger partial charge on any atom is -0.383 e. The summed E-state index contributed by atoms with van der Waals surface area (Å²) in [5.41, 5.74) is 17.6. The number of H-pyrrole nitrogens is 2. The highest BCUT2D eigenvalue weighted by Crippen LogP contribution is 2.25. The van der Waals surface area contributed by atoms with Crippen molar-refractivity contribution >= 4 is 33.7 Å². The fourth-order valence-electron chi connectivity index (χ4n) is 3.62. The average molecular weight is 431 g/mol. The molecule has 4 aromatic rings. The number of aromatic nitrogens is 4. The van der Waals surface area contributed by atoms with Crippen LogP contribution in [0.1, 0.15) is 63.3 Å². The second kappa shape index (κ2) is 8.45. The van der Waals surface area contributed by atoms with E-state index in [0.717, 1.165) is 44.8 Å². The standard InChI is InChI=1S/C24H30N8/c1-12(2)27-21(25)15-6-8-17-19(10-15)31-23(29-17)14(5)24-30-18-9-7-16(11-20(18)32-24)22(26)28-13(3)4/h6-14H,1-5H3,(H2,25,27)(H2,26,28)(H,29,31)(H,30,32). The number of hydrogen-bond acceptors (Lipinski definition) is 4. The van der Waals surface area contributed by atoms with E-state index in [1.54, 1.807) is 0 Å². The third-order valence-electron chi connectivity index (χ3n) is 5.21. The van der Waals surface area contributed by atoms with Crippen molar-refractivity contribution in [2.45, 2.75) is 52.6 Å². The van der Waals surface area contributed by atoms with Gasteiger partial charge in [0.1, 0.15) is 23.3 Å². The lowest BCUT2D eigenvalue weighted by Gasteiger charge is -2.04. The number of nitrogens with two attached hydrogens (primary N) is 2. The lowest BCUT2D eigenvalue weighted by Crippen LogP contribution is -2.15. The number of benzene rings is 2. The highest BCUT2D eigenvalue weighted by atomic mass is 15.0. The van der Waals surface area contributed by atoms with Gasteiger partial charge >= 0.3 is 0 Å². The molecular formula is C24H30N8. The maximum Gasteiger partial charge on any atom is 0.125 e. The molecule has 8 heteroatoms. The summed E-state index contributed by atoms with van der Waals surface area (Å²) in [4.78, 5) is 25.2. The van der Waals surface area contributed by atoms with Crippen LogP contribution in [-0.4, -0.2) is 43.7 Å². The van der Waals surface area contributed by atoms with Crippen molar-refractivity contribution in [1.29, 1.82) is 0 Å². The summed E-state index contributed by atoms with van der Waals surface area (Å²) in [5.74, 6) is 2.66. The zero-order valence-corrected chi connectivity index (χ0v) is 19.1. The van der Waals surface area contributed by atoms with Crippen molar-refractivity contribution in [2.24, 2.45) is 21.5 Å². The monoisotopic (exact) mass is 430 g/mol. The molecule has 0 aliphatic heterocycles. The van der Waals surface area contributed by atoms with E-state index in [-0.39, 0.29) is 18.0 Å². The molecule has 0 unspecified atom stereocenters. The Labute approximate surface area is 187 Å². The molecule has 0 amide bonds. The lowest BCUT2D eigenvalue weighted by molar-refractivity contribution is 0.790. The number of amidine groups is 2. The van der Waals surface area contributed by atoms with Crippen LogP contribution in [0, 0.1) is 0 Å². The van der Waals surface area contributed by atoms with E-state index in [2.05, 4.69) is 26.9 Å². The molecule has 0 aliphatic rings. The zero-order valence-electron chi connectivity index (χ0n) is 19.1. The molecule has 0 spiro atoms. The van der Waals surface area contributed by atoms with Crippen molar-refractivity contribution in [2.75, 3.05) is 0 Å². The van der Waals surface area contributed by atoms with Gasteiger partial charge < -0.3 is 21.4 Å². The Balaban J connectivity index is 1.65. The number of imidazole rings is 2. The first-order chi connectivity index (χ1) is 15.2. The summed E-state index contributed by atoms with van der Waals surface area (Å²) < 4.78 is 0. The largest absolute Gasteiger partial charge is 0.383 e. The van der Waals surface area contributed by atoms with Gasteiger partial charge in [-0.3, -0.25) is 9.98 Å². The molecule has 32 heavy (non-hydrogen) atoms. The second-order valence-electron chi connectivity index (χ2n) is 8.65. The van der Waals surface area contributed by atoms with Gasteiger partial charge in [-0.1, -0.05) is 0 Å². The van der Waals surface area contributed by atoms with Gasteiger partial charge in [0.15, 0.2) is 0 Å². The van der Waals surface area contributed by atoms with Gasteiger partial charge in [0.2, 0.25) is 0 Å². The van der Waals surface area contributed by atoms with Crippen molar-refractivity contribution < 1.29 is 0 Å².